The van der Waals surface area contributed by atoms with E-state index in [-0.39, 0.29) is 6.04 Å². The Balaban J connectivity index is 1.74. The smallest absolute Gasteiger partial charge is 0.119 e. The van der Waals surface area contributed by atoms with Gasteiger partial charge in [0.15, 0.2) is 0 Å². The minimum atomic E-state index is 0.137. The summed E-state index contributed by atoms with van der Waals surface area (Å²) in [6.45, 7) is 9.40. The number of nitrogens with two attached hydrogens (primary N) is 1. The molecule has 1 aromatic carbocycles. The standard InChI is InChI=1S/C19H29NO/c1-5-16(20)13-6-8-15(9-7-13)21-17-12-14-10-11-19(17,4)18(14,2)3/h6-9,14,16-17H,5,10-12,20H2,1-4H3/t14?,16-,17?,19?/m1/s1. The SMILES string of the molecule is CC[C@@H](N)c1ccc(OC2CC3CCC2(C)C3(C)C)cc1. The topological polar surface area (TPSA) is 35.2 Å². The predicted octanol–water partition coefficient (Wildman–Crippen LogP) is 4.69. The van der Waals surface area contributed by atoms with E-state index in [2.05, 4.69) is 52.0 Å². The van der Waals surface area contributed by atoms with E-state index in [9.17, 15) is 0 Å². The van der Waals surface area contributed by atoms with Gasteiger partial charge in [0.1, 0.15) is 11.9 Å². The van der Waals surface area contributed by atoms with Crippen molar-refractivity contribution in [3.05, 3.63) is 29.8 Å². The highest BCUT2D eigenvalue weighted by molar-refractivity contribution is 5.30. The Hall–Kier alpha value is -1.02. The summed E-state index contributed by atoms with van der Waals surface area (Å²) >= 11 is 0. The van der Waals surface area contributed by atoms with E-state index in [4.69, 9.17) is 10.5 Å². The monoisotopic (exact) mass is 287 g/mol. The van der Waals surface area contributed by atoms with Crippen LogP contribution in [0.5, 0.6) is 5.75 Å². The fourth-order valence-electron chi connectivity index (χ4n) is 4.50. The lowest BCUT2D eigenvalue weighted by molar-refractivity contribution is 0.0301. The minimum absolute atomic E-state index is 0.137. The molecule has 2 heteroatoms. The molecule has 0 aliphatic heterocycles. The van der Waals surface area contributed by atoms with E-state index in [1.165, 1.54) is 24.8 Å². The first-order valence-electron chi connectivity index (χ1n) is 8.40. The molecule has 116 valence electrons. The molecular weight excluding hydrogens is 258 g/mol. The van der Waals surface area contributed by atoms with Crippen molar-refractivity contribution in [2.24, 2.45) is 22.5 Å². The quantitative estimate of drug-likeness (QED) is 0.872. The fourth-order valence-corrected chi connectivity index (χ4v) is 4.50. The van der Waals surface area contributed by atoms with E-state index < -0.39 is 0 Å². The van der Waals surface area contributed by atoms with Crippen molar-refractivity contribution >= 4 is 0 Å². The Morgan fingerprint density at radius 2 is 1.90 bits per heavy atom. The van der Waals surface area contributed by atoms with Crippen LogP contribution in [0, 0.1) is 16.7 Å². The van der Waals surface area contributed by atoms with Gasteiger partial charge in [0.05, 0.1) is 0 Å². The molecular formula is C19H29NO. The molecule has 2 aliphatic rings. The number of ether oxygens (including phenoxy) is 1. The van der Waals surface area contributed by atoms with Crippen molar-refractivity contribution < 1.29 is 4.74 Å². The number of hydrogen-bond acceptors (Lipinski definition) is 2. The van der Waals surface area contributed by atoms with E-state index >= 15 is 0 Å². The molecule has 2 N–H and O–H groups in total. The number of benzene rings is 1. The maximum Gasteiger partial charge on any atom is 0.119 e. The van der Waals surface area contributed by atoms with Crippen LogP contribution in [0.4, 0.5) is 0 Å². The molecule has 2 aliphatic carbocycles. The Morgan fingerprint density at radius 1 is 1.24 bits per heavy atom. The second-order valence-corrected chi connectivity index (χ2v) is 7.80. The van der Waals surface area contributed by atoms with Crippen LogP contribution in [0.1, 0.15) is 65.0 Å². The van der Waals surface area contributed by atoms with Crippen molar-refractivity contribution in [2.45, 2.75) is 65.5 Å². The van der Waals surface area contributed by atoms with Crippen LogP contribution in [-0.4, -0.2) is 6.10 Å². The second-order valence-electron chi connectivity index (χ2n) is 7.80. The average Bonchev–Trinajstić information content (AvgIpc) is 2.80. The highest BCUT2D eigenvalue weighted by atomic mass is 16.5. The molecule has 2 nitrogen and oxygen atoms in total. The number of fused-ring (bicyclic) bond motifs is 2. The van der Waals surface area contributed by atoms with Gasteiger partial charge in [0, 0.05) is 11.5 Å². The van der Waals surface area contributed by atoms with Crippen LogP contribution in [0.25, 0.3) is 0 Å². The van der Waals surface area contributed by atoms with Gasteiger partial charge in [0.2, 0.25) is 0 Å². The van der Waals surface area contributed by atoms with Gasteiger partial charge in [-0.1, -0.05) is 39.8 Å². The lowest BCUT2D eigenvalue weighted by atomic mass is 9.70. The summed E-state index contributed by atoms with van der Waals surface area (Å²) in [4.78, 5) is 0. The van der Waals surface area contributed by atoms with Crippen LogP contribution >= 0.6 is 0 Å². The van der Waals surface area contributed by atoms with Crippen LogP contribution in [-0.2, 0) is 0 Å². The molecule has 2 fully saturated rings. The molecule has 0 spiro atoms. The first-order valence-corrected chi connectivity index (χ1v) is 8.40. The highest BCUT2D eigenvalue weighted by Crippen LogP contribution is 2.66. The maximum absolute atomic E-state index is 6.38. The molecule has 0 heterocycles. The lowest BCUT2D eigenvalue weighted by Crippen LogP contribution is -2.38. The Labute approximate surface area is 129 Å². The molecule has 21 heavy (non-hydrogen) atoms. The summed E-state index contributed by atoms with van der Waals surface area (Å²) in [5.41, 5.74) is 7.99. The van der Waals surface area contributed by atoms with Gasteiger partial charge in [-0.05, 0) is 54.7 Å². The normalized spacial score (nSPS) is 34.9. The lowest BCUT2D eigenvalue weighted by Gasteiger charge is -2.38. The van der Waals surface area contributed by atoms with Crippen molar-refractivity contribution in [2.75, 3.05) is 0 Å². The zero-order valence-corrected chi connectivity index (χ0v) is 13.9. The van der Waals surface area contributed by atoms with Gasteiger partial charge < -0.3 is 10.5 Å². The molecule has 0 aromatic heterocycles. The molecule has 1 aromatic rings. The van der Waals surface area contributed by atoms with Crippen molar-refractivity contribution in [3.63, 3.8) is 0 Å². The summed E-state index contributed by atoms with van der Waals surface area (Å²) in [6, 6.07) is 8.55. The molecule has 3 rings (SSSR count). The van der Waals surface area contributed by atoms with Gasteiger partial charge in [-0.25, -0.2) is 0 Å². The molecule has 0 saturated heterocycles. The van der Waals surface area contributed by atoms with Crippen molar-refractivity contribution in [1.29, 1.82) is 0 Å². The Morgan fingerprint density at radius 3 is 2.38 bits per heavy atom. The van der Waals surface area contributed by atoms with Crippen molar-refractivity contribution in [1.82, 2.24) is 0 Å². The third-order valence-corrected chi connectivity index (χ3v) is 6.74. The third-order valence-electron chi connectivity index (χ3n) is 6.74. The Kier molecular flexibility index (Phi) is 3.56. The summed E-state index contributed by atoms with van der Waals surface area (Å²) < 4.78 is 6.38. The summed E-state index contributed by atoms with van der Waals surface area (Å²) in [6.07, 6.45) is 5.20. The van der Waals surface area contributed by atoms with Crippen LogP contribution < -0.4 is 10.5 Å². The summed E-state index contributed by atoms with van der Waals surface area (Å²) in [5, 5.41) is 0. The van der Waals surface area contributed by atoms with Crippen LogP contribution in [0.3, 0.4) is 0 Å². The number of rotatable bonds is 4. The van der Waals surface area contributed by atoms with E-state index in [1.54, 1.807) is 0 Å². The van der Waals surface area contributed by atoms with Gasteiger partial charge in [-0.2, -0.15) is 0 Å². The predicted molar refractivity (Wildman–Crippen MR) is 87.3 cm³/mol. The maximum atomic E-state index is 6.38. The van der Waals surface area contributed by atoms with Gasteiger partial charge >= 0.3 is 0 Å². The largest absolute Gasteiger partial charge is 0.490 e. The zero-order chi connectivity index (χ0) is 15.3. The molecule has 0 radical (unpaired) electrons. The first-order chi connectivity index (χ1) is 9.88. The second kappa shape index (κ2) is 5.01. The van der Waals surface area contributed by atoms with Crippen LogP contribution in [0.2, 0.25) is 0 Å². The zero-order valence-electron chi connectivity index (χ0n) is 13.9. The van der Waals surface area contributed by atoms with Gasteiger partial charge in [-0.3, -0.25) is 0 Å². The van der Waals surface area contributed by atoms with Gasteiger partial charge in [-0.15, -0.1) is 0 Å². The molecule has 2 saturated carbocycles. The van der Waals surface area contributed by atoms with Crippen molar-refractivity contribution in [3.8, 4) is 5.75 Å². The highest BCUT2D eigenvalue weighted by Gasteiger charge is 2.62. The summed E-state index contributed by atoms with van der Waals surface area (Å²) in [5.74, 6) is 1.82. The molecule has 3 unspecified atom stereocenters. The van der Waals surface area contributed by atoms with Crippen LogP contribution in [0.15, 0.2) is 24.3 Å². The molecule has 2 bridgehead atoms. The molecule has 0 amide bonds. The first kappa shape index (κ1) is 14.9. The Bertz CT molecular complexity index is 507. The average molecular weight is 287 g/mol. The molecule has 4 atom stereocenters. The number of hydrogen-bond donors (Lipinski definition) is 1. The minimum Gasteiger partial charge on any atom is -0.490 e. The van der Waals surface area contributed by atoms with E-state index in [0.29, 0.717) is 16.9 Å². The van der Waals surface area contributed by atoms with E-state index in [0.717, 1.165) is 18.1 Å². The van der Waals surface area contributed by atoms with Gasteiger partial charge in [0.25, 0.3) is 0 Å². The third kappa shape index (κ3) is 2.19. The summed E-state index contributed by atoms with van der Waals surface area (Å²) in [7, 11) is 0. The van der Waals surface area contributed by atoms with E-state index in [1.807, 2.05) is 0 Å². The fraction of sp³-hybridized carbons (Fsp3) is 0.684.